The molecule has 38 heavy (non-hydrogen) atoms. The maximum Gasteiger partial charge on any atom is 0.259 e. The Labute approximate surface area is 234 Å². The highest BCUT2D eigenvalue weighted by atomic mass is 31.2. The molecule has 1 N–H and O–H groups in total. The van der Waals surface area contributed by atoms with Gasteiger partial charge >= 0.3 is 0 Å². The van der Waals surface area contributed by atoms with Gasteiger partial charge in [-0.3, -0.25) is 9.59 Å². The fraction of sp³-hybridized carbons (Fsp3) is 0.742. The van der Waals surface area contributed by atoms with Gasteiger partial charge in [-0.1, -0.05) is 82.9 Å². The van der Waals surface area contributed by atoms with Gasteiger partial charge in [0.25, 0.3) is 14.4 Å². The van der Waals surface area contributed by atoms with Gasteiger partial charge in [0.1, 0.15) is 0 Å². The zero-order valence-corrected chi connectivity index (χ0v) is 26.0. The predicted octanol–water partition coefficient (Wildman–Crippen LogP) is 8.70. The summed E-state index contributed by atoms with van der Waals surface area (Å²) in [5, 5.41) is 2.61. The maximum atomic E-state index is 12.6. The second-order valence-corrected chi connectivity index (χ2v) is 12.1. The van der Waals surface area contributed by atoms with Crippen molar-refractivity contribution < 1.29 is 18.6 Å². The fourth-order valence-corrected chi connectivity index (χ4v) is 6.35. The van der Waals surface area contributed by atoms with E-state index in [9.17, 15) is 9.59 Å². The lowest BCUT2D eigenvalue weighted by Crippen LogP contribution is -2.33. The number of rotatable bonds is 23. The molecule has 1 aromatic carbocycles. The zero-order valence-electron chi connectivity index (χ0n) is 25.1. The van der Waals surface area contributed by atoms with E-state index in [-0.39, 0.29) is 11.7 Å². The summed E-state index contributed by atoms with van der Waals surface area (Å²) in [5.41, 5.74) is 1.01. The molecule has 0 aliphatic rings. The summed E-state index contributed by atoms with van der Waals surface area (Å²) in [6.45, 7) is 12.5. The van der Waals surface area contributed by atoms with Crippen molar-refractivity contribution in [2.75, 3.05) is 20.3 Å². The zero-order chi connectivity index (χ0) is 28.2. The number of hydrogen-bond donors (Lipinski definition) is 1. The number of nitrogens with zero attached hydrogens (tertiary/aromatic N) is 1. The largest absolute Gasteiger partial charge is 0.355 e. The van der Waals surface area contributed by atoms with Crippen molar-refractivity contribution in [2.45, 2.75) is 130 Å². The van der Waals surface area contributed by atoms with E-state index in [0.717, 1.165) is 38.9 Å². The van der Waals surface area contributed by atoms with Crippen LogP contribution in [-0.2, 0) is 9.05 Å². The first-order chi connectivity index (χ1) is 18.3. The van der Waals surface area contributed by atoms with Crippen molar-refractivity contribution in [1.29, 1.82) is 0 Å². The Bertz CT molecular complexity index is 764. The van der Waals surface area contributed by atoms with Gasteiger partial charge in [0.05, 0.1) is 18.8 Å². The van der Waals surface area contributed by atoms with Crippen molar-refractivity contribution in [3.63, 3.8) is 0 Å². The lowest BCUT2D eigenvalue weighted by atomic mass is 9.98. The Morgan fingerprint density at radius 1 is 0.763 bits per heavy atom. The molecule has 6 nitrogen and oxygen atoms in total. The molecule has 1 atom stereocenters. The third-order valence-corrected chi connectivity index (χ3v) is 8.71. The van der Waals surface area contributed by atoms with Crippen LogP contribution in [0.2, 0.25) is 0 Å². The molecule has 1 rings (SSSR count). The lowest BCUT2D eigenvalue weighted by Gasteiger charge is -2.35. The molecular weight excluding hydrogens is 495 g/mol. The molecule has 0 heterocycles. The molecule has 218 valence electrons. The van der Waals surface area contributed by atoms with E-state index in [4.69, 9.17) is 9.05 Å². The summed E-state index contributed by atoms with van der Waals surface area (Å²) in [5.74, 6) is -0.134. The first-order valence-electron chi connectivity index (χ1n) is 15.0. The first kappa shape index (κ1) is 34.7. The second-order valence-electron chi connectivity index (χ2n) is 10.7. The smallest absolute Gasteiger partial charge is 0.259 e. The average molecular weight is 551 g/mol. The Morgan fingerprint density at radius 3 is 1.74 bits per heavy atom. The van der Waals surface area contributed by atoms with Crippen molar-refractivity contribution in [2.24, 2.45) is 0 Å². The minimum atomic E-state index is -0.970. The summed E-state index contributed by atoms with van der Waals surface area (Å²) < 4.78 is 14.7. The number of unbranched alkanes of at least 4 members (excludes halogenated alkanes) is 10. The van der Waals surface area contributed by atoms with Crippen LogP contribution in [0.1, 0.15) is 139 Å². The predicted molar refractivity (Wildman–Crippen MR) is 161 cm³/mol. The number of Topliss-reactive ketones (excluding diaryl/α,β-unsaturated/α-hetero) is 1. The number of carbonyl (C=O) groups is 2. The first-order valence-corrected chi connectivity index (χ1v) is 16.1. The van der Waals surface area contributed by atoms with Crippen LogP contribution in [0.15, 0.2) is 24.3 Å². The Balaban J connectivity index is 2.07. The van der Waals surface area contributed by atoms with Crippen molar-refractivity contribution in [3.05, 3.63) is 35.4 Å². The quantitative estimate of drug-likeness (QED) is 0.0838. The standard InChI is InChI=1S/C31H55N2O4P/c1-7-24-36-38(33(26(2)3)27(4)5)37-25-20-16-14-12-10-8-9-11-13-15-17-23-30(34)28-21-18-19-22-29(28)31(35)32-6/h18-19,21-22,26-27H,7-17,20,23-25H2,1-6H3,(H,32,35). The Morgan fingerprint density at radius 2 is 1.24 bits per heavy atom. The lowest BCUT2D eigenvalue weighted by molar-refractivity contribution is 0.0936. The number of benzene rings is 1. The van der Waals surface area contributed by atoms with Crippen molar-refractivity contribution >= 4 is 20.2 Å². The van der Waals surface area contributed by atoms with E-state index in [1.54, 1.807) is 25.2 Å². The minimum absolute atomic E-state index is 0.0665. The highest BCUT2D eigenvalue weighted by molar-refractivity contribution is 7.44. The van der Waals surface area contributed by atoms with Crippen LogP contribution in [0.5, 0.6) is 0 Å². The van der Waals surface area contributed by atoms with Crippen molar-refractivity contribution in [3.8, 4) is 0 Å². The number of hydrogen-bond acceptors (Lipinski definition) is 5. The van der Waals surface area contributed by atoms with Crippen LogP contribution >= 0.6 is 8.53 Å². The van der Waals surface area contributed by atoms with E-state index < -0.39 is 8.53 Å². The van der Waals surface area contributed by atoms with Gasteiger partial charge in [0, 0.05) is 31.1 Å². The molecule has 0 aliphatic heterocycles. The molecule has 0 saturated carbocycles. The Hall–Kier alpha value is -1.33. The molecule has 0 fully saturated rings. The molecule has 0 aromatic heterocycles. The third kappa shape index (κ3) is 14.2. The summed E-state index contributed by atoms with van der Waals surface area (Å²) in [4.78, 5) is 24.5. The van der Waals surface area contributed by atoms with E-state index in [1.807, 2.05) is 6.07 Å². The van der Waals surface area contributed by atoms with Crippen molar-refractivity contribution in [1.82, 2.24) is 9.99 Å². The molecular formula is C31H55N2O4P. The van der Waals surface area contributed by atoms with Crippen LogP contribution in [0.4, 0.5) is 0 Å². The van der Waals surface area contributed by atoms with Gasteiger partial charge in [-0.15, -0.1) is 0 Å². The molecule has 1 unspecified atom stereocenters. The van der Waals surface area contributed by atoms with Gasteiger partial charge in [-0.25, -0.2) is 4.67 Å². The molecule has 0 spiro atoms. The Kier molecular flexibility index (Phi) is 19.6. The number of carbonyl (C=O) groups excluding carboxylic acids is 2. The van der Waals surface area contributed by atoms with Crippen LogP contribution < -0.4 is 5.32 Å². The summed E-state index contributed by atoms with van der Waals surface area (Å²) in [6, 6.07) is 7.92. The number of ketones is 1. The molecule has 0 bridgehead atoms. The molecule has 0 aliphatic carbocycles. The topological polar surface area (TPSA) is 67.9 Å². The monoisotopic (exact) mass is 550 g/mol. The van der Waals surface area contributed by atoms with Crippen LogP contribution in [-0.4, -0.2) is 48.7 Å². The van der Waals surface area contributed by atoms with Crippen LogP contribution in [0.3, 0.4) is 0 Å². The average Bonchev–Trinajstić information content (AvgIpc) is 2.90. The molecule has 0 saturated heterocycles. The summed E-state index contributed by atoms with van der Waals surface area (Å²) in [7, 11) is 0.621. The highest BCUT2D eigenvalue weighted by Crippen LogP contribution is 2.46. The van der Waals surface area contributed by atoms with Gasteiger partial charge in [0.2, 0.25) is 0 Å². The van der Waals surface area contributed by atoms with Gasteiger partial charge in [-0.2, -0.15) is 0 Å². The van der Waals surface area contributed by atoms with E-state index in [0.29, 0.717) is 29.6 Å². The maximum absolute atomic E-state index is 12.6. The van der Waals surface area contributed by atoms with Gasteiger partial charge in [-0.05, 0) is 53.0 Å². The SMILES string of the molecule is CCCOP(OCCCCCCCCCCCCCC(=O)c1ccccc1C(=O)NC)N(C(C)C)C(C)C. The highest BCUT2D eigenvalue weighted by Gasteiger charge is 2.26. The van der Waals surface area contributed by atoms with Gasteiger partial charge in [0.15, 0.2) is 5.78 Å². The van der Waals surface area contributed by atoms with E-state index in [2.05, 4.69) is 44.6 Å². The van der Waals surface area contributed by atoms with Gasteiger partial charge < -0.3 is 14.4 Å². The number of nitrogens with one attached hydrogen (secondary N) is 1. The fourth-order valence-electron chi connectivity index (χ4n) is 4.63. The normalized spacial score (nSPS) is 12.4. The summed E-state index contributed by atoms with van der Waals surface area (Å²) in [6.07, 6.45) is 14.7. The summed E-state index contributed by atoms with van der Waals surface area (Å²) >= 11 is 0. The van der Waals surface area contributed by atoms with Crippen LogP contribution in [0.25, 0.3) is 0 Å². The molecule has 1 aromatic rings. The molecule has 7 heteroatoms. The molecule has 0 radical (unpaired) electrons. The third-order valence-electron chi connectivity index (χ3n) is 6.60. The second kappa shape index (κ2) is 21.5. The number of amides is 1. The minimum Gasteiger partial charge on any atom is -0.355 e. The van der Waals surface area contributed by atoms with Crippen LogP contribution in [0, 0.1) is 0 Å². The van der Waals surface area contributed by atoms with E-state index >= 15 is 0 Å². The van der Waals surface area contributed by atoms with E-state index in [1.165, 1.54) is 51.4 Å². The molecule has 1 amide bonds.